The van der Waals surface area contributed by atoms with E-state index in [1.165, 1.54) is 17.6 Å². The Bertz CT molecular complexity index is 371. The van der Waals surface area contributed by atoms with E-state index in [9.17, 15) is 5.11 Å². The zero-order valence-electron chi connectivity index (χ0n) is 11.2. The molecule has 0 aromatic carbocycles. The summed E-state index contributed by atoms with van der Waals surface area (Å²) in [5.74, 6) is 1.17. The molecule has 3 aliphatic carbocycles. The Hall–Kier alpha value is -0.560. The number of aliphatic hydroxyl groups is 1. The highest BCUT2D eigenvalue weighted by molar-refractivity contribution is 5.39. The maximum atomic E-state index is 10.8. The van der Waals surface area contributed by atoms with Crippen LogP contribution in [0.25, 0.3) is 0 Å². The molecule has 0 aromatic rings. The molecule has 3 atom stereocenters. The first-order valence-corrected chi connectivity index (χ1v) is 6.27. The highest BCUT2D eigenvalue weighted by Crippen LogP contribution is 2.64. The Balaban J connectivity index is 2.42. The second-order valence-corrected chi connectivity index (χ2v) is 6.54. The van der Waals surface area contributed by atoms with Gasteiger partial charge in [-0.15, -0.1) is 0 Å². The molecule has 1 heteroatoms. The molecule has 0 heterocycles. The lowest BCUT2D eigenvalue weighted by atomic mass is 9.43. The van der Waals surface area contributed by atoms with E-state index in [0.29, 0.717) is 11.3 Å². The summed E-state index contributed by atoms with van der Waals surface area (Å²) in [5.41, 5.74) is 3.23. The molecular formula is C15H24O. The summed E-state index contributed by atoms with van der Waals surface area (Å²) in [4.78, 5) is 0. The van der Waals surface area contributed by atoms with E-state index < -0.39 is 5.60 Å². The van der Waals surface area contributed by atoms with E-state index in [1.807, 2.05) is 13.8 Å². The zero-order chi connectivity index (χ0) is 12.3. The summed E-state index contributed by atoms with van der Waals surface area (Å²) in [5, 5.41) is 10.8. The largest absolute Gasteiger partial charge is 0.385 e. The van der Waals surface area contributed by atoms with Gasteiger partial charge in [0.15, 0.2) is 0 Å². The molecule has 2 bridgehead atoms. The van der Waals surface area contributed by atoms with Gasteiger partial charge in [0.25, 0.3) is 0 Å². The summed E-state index contributed by atoms with van der Waals surface area (Å²) in [6.45, 7) is 14.7. The Kier molecular flexibility index (Phi) is 2.40. The molecule has 0 saturated heterocycles. The van der Waals surface area contributed by atoms with Crippen molar-refractivity contribution < 1.29 is 5.11 Å². The van der Waals surface area contributed by atoms with Crippen molar-refractivity contribution in [2.75, 3.05) is 0 Å². The average molecular weight is 220 g/mol. The predicted octanol–water partition coefficient (Wildman–Crippen LogP) is 3.70. The van der Waals surface area contributed by atoms with Gasteiger partial charge in [0.05, 0.1) is 5.60 Å². The van der Waals surface area contributed by atoms with Gasteiger partial charge in [0, 0.05) is 0 Å². The lowest BCUT2D eigenvalue weighted by Gasteiger charge is -2.63. The van der Waals surface area contributed by atoms with Crippen molar-refractivity contribution >= 4 is 0 Å². The summed E-state index contributed by atoms with van der Waals surface area (Å²) in [7, 11) is 0. The van der Waals surface area contributed by atoms with E-state index in [2.05, 4.69) is 27.4 Å². The maximum Gasteiger partial charge on any atom is 0.0867 e. The summed E-state index contributed by atoms with van der Waals surface area (Å²) < 4.78 is 0. The van der Waals surface area contributed by atoms with E-state index in [1.54, 1.807) is 0 Å². The molecule has 0 unspecified atom stereocenters. The molecule has 0 amide bonds. The molecule has 1 nitrogen and oxygen atoms in total. The third-order valence-electron chi connectivity index (χ3n) is 5.30. The van der Waals surface area contributed by atoms with Crippen LogP contribution in [-0.4, -0.2) is 10.7 Å². The fourth-order valence-electron chi connectivity index (χ4n) is 3.77. The number of hydrogen-bond donors (Lipinski definition) is 1. The number of fused-ring (bicyclic) bond motifs is 2. The van der Waals surface area contributed by atoms with Gasteiger partial charge in [-0.2, -0.15) is 0 Å². The van der Waals surface area contributed by atoms with Crippen LogP contribution >= 0.6 is 0 Å². The highest BCUT2D eigenvalue weighted by atomic mass is 16.3. The van der Waals surface area contributed by atoms with E-state index in [4.69, 9.17) is 0 Å². The lowest BCUT2D eigenvalue weighted by Crippen LogP contribution is -2.61. The molecular weight excluding hydrogens is 196 g/mol. The Labute approximate surface area is 99.3 Å². The van der Waals surface area contributed by atoms with Crippen molar-refractivity contribution in [3.05, 3.63) is 23.3 Å². The fourth-order valence-corrected chi connectivity index (χ4v) is 3.77. The van der Waals surface area contributed by atoms with Gasteiger partial charge in [-0.25, -0.2) is 0 Å². The van der Waals surface area contributed by atoms with Crippen LogP contribution in [0.3, 0.4) is 0 Å². The molecule has 0 spiro atoms. The lowest BCUT2D eigenvalue weighted by molar-refractivity contribution is -0.160. The third kappa shape index (κ3) is 1.34. The minimum absolute atomic E-state index is 0.308. The van der Waals surface area contributed by atoms with Gasteiger partial charge in [-0.3, -0.25) is 0 Å². The van der Waals surface area contributed by atoms with Crippen molar-refractivity contribution in [2.24, 2.45) is 17.3 Å². The minimum atomic E-state index is -0.624. The summed E-state index contributed by atoms with van der Waals surface area (Å²) in [6, 6.07) is 0. The Morgan fingerprint density at radius 1 is 1.31 bits per heavy atom. The molecule has 0 aliphatic heterocycles. The van der Waals surface area contributed by atoms with Crippen LogP contribution in [0.1, 0.15) is 47.5 Å². The molecule has 90 valence electrons. The topological polar surface area (TPSA) is 20.2 Å². The second-order valence-electron chi connectivity index (χ2n) is 6.54. The van der Waals surface area contributed by atoms with Crippen LogP contribution in [0.4, 0.5) is 0 Å². The number of allylic oxidation sites excluding steroid dienone is 2. The van der Waals surface area contributed by atoms with Crippen LogP contribution in [-0.2, 0) is 0 Å². The fraction of sp³-hybridized carbons (Fsp3) is 0.733. The second kappa shape index (κ2) is 3.22. The van der Waals surface area contributed by atoms with Gasteiger partial charge < -0.3 is 5.11 Å². The van der Waals surface area contributed by atoms with Gasteiger partial charge >= 0.3 is 0 Å². The van der Waals surface area contributed by atoms with E-state index >= 15 is 0 Å². The molecule has 1 N–H and O–H groups in total. The molecule has 3 saturated carbocycles. The standard InChI is InChI=1S/C15H24O/c1-9(2)10(3)12-7-11-8-13(14(11,4)5)15(12,6)16/h11,13,16H,1,7-8H2,2-6H3/b12-10+/t11-,13+,15-/m1/s1. The zero-order valence-corrected chi connectivity index (χ0v) is 11.2. The number of rotatable bonds is 1. The highest BCUT2D eigenvalue weighted by Gasteiger charge is 2.61. The van der Waals surface area contributed by atoms with Crippen molar-refractivity contribution in [1.82, 2.24) is 0 Å². The van der Waals surface area contributed by atoms with Gasteiger partial charge in [-0.1, -0.05) is 26.0 Å². The van der Waals surface area contributed by atoms with Crippen LogP contribution in [0.2, 0.25) is 0 Å². The van der Waals surface area contributed by atoms with Crippen molar-refractivity contribution in [2.45, 2.75) is 53.1 Å². The summed E-state index contributed by atoms with van der Waals surface area (Å²) >= 11 is 0. The first-order chi connectivity index (χ1) is 7.19. The molecule has 0 aromatic heterocycles. The van der Waals surface area contributed by atoms with E-state index in [0.717, 1.165) is 17.9 Å². The average Bonchev–Trinajstić information content (AvgIpc) is 2.14. The minimum Gasteiger partial charge on any atom is -0.385 e. The predicted molar refractivity (Wildman–Crippen MR) is 68.1 cm³/mol. The van der Waals surface area contributed by atoms with Crippen LogP contribution < -0.4 is 0 Å². The SMILES string of the molecule is C=C(C)/C(C)=C1\C[C@@H]2C[C@@H](C2(C)C)[C@]1(C)O. The van der Waals surface area contributed by atoms with Crippen molar-refractivity contribution in [3.63, 3.8) is 0 Å². The van der Waals surface area contributed by atoms with Gasteiger partial charge in [0.1, 0.15) is 0 Å². The van der Waals surface area contributed by atoms with Crippen LogP contribution in [0.5, 0.6) is 0 Å². The maximum absolute atomic E-state index is 10.8. The molecule has 16 heavy (non-hydrogen) atoms. The first-order valence-electron chi connectivity index (χ1n) is 6.27. The Morgan fingerprint density at radius 3 is 2.25 bits per heavy atom. The quantitative estimate of drug-likeness (QED) is 0.714. The smallest absolute Gasteiger partial charge is 0.0867 e. The van der Waals surface area contributed by atoms with Gasteiger partial charge in [0.2, 0.25) is 0 Å². The third-order valence-corrected chi connectivity index (χ3v) is 5.30. The molecule has 3 aliphatic rings. The Morgan fingerprint density at radius 2 is 1.88 bits per heavy atom. The summed E-state index contributed by atoms with van der Waals surface area (Å²) in [6.07, 6.45) is 2.24. The first kappa shape index (κ1) is 11.9. The molecule has 0 radical (unpaired) electrons. The molecule has 3 fully saturated rings. The molecule has 3 rings (SSSR count). The van der Waals surface area contributed by atoms with Crippen molar-refractivity contribution in [1.29, 1.82) is 0 Å². The monoisotopic (exact) mass is 220 g/mol. The van der Waals surface area contributed by atoms with Crippen LogP contribution in [0, 0.1) is 17.3 Å². The van der Waals surface area contributed by atoms with E-state index in [-0.39, 0.29) is 0 Å². The number of hydrogen-bond acceptors (Lipinski definition) is 1. The normalized spacial score (nSPS) is 43.6. The van der Waals surface area contributed by atoms with Crippen molar-refractivity contribution in [3.8, 4) is 0 Å². The van der Waals surface area contributed by atoms with Gasteiger partial charge in [-0.05, 0) is 62.0 Å². The van der Waals surface area contributed by atoms with Crippen LogP contribution in [0.15, 0.2) is 23.3 Å².